The molecule has 1 aliphatic heterocycles. The maximum Gasteiger partial charge on any atom is 0.338 e. The highest BCUT2D eigenvalue weighted by Crippen LogP contribution is 2.20. The van der Waals surface area contributed by atoms with Gasteiger partial charge in [-0.3, -0.25) is 0 Å². The van der Waals surface area contributed by atoms with Gasteiger partial charge in [0.15, 0.2) is 11.9 Å². The van der Waals surface area contributed by atoms with E-state index in [4.69, 9.17) is 23.7 Å². The normalized spacial score (nSPS) is 13.8. The Bertz CT molecular complexity index is 1440. The van der Waals surface area contributed by atoms with E-state index in [-0.39, 0.29) is 31.3 Å². The third-order valence-corrected chi connectivity index (χ3v) is 6.12. The van der Waals surface area contributed by atoms with Crippen molar-refractivity contribution in [1.29, 1.82) is 0 Å². The van der Waals surface area contributed by atoms with Crippen molar-refractivity contribution < 1.29 is 33.3 Å². The number of ether oxygens (including phenoxy) is 5. The standard InChI is InChI=1S/C18H16O4.C18H18O3/c19-18(15-9-5-2-6-10-15)22-12-16-11-21-17(13-20-16)14-7-3-1-4-8-14;19-18(17-10-5-2-6-11-17)21-14-7-13-20-15-12-16-8-3-1-4-9-16/h1-10,13,16H,11-12H2;1-11,13H,12,14-15H2/b;13-7+. The van der Waals surface area contributed by atoms with Gasteiger partial charge in [0, 0.05) is 12.0 Å². The SMILES string of the molecule is O=C(OC/C=C/OCCc1ccccc1)c1ccccc1.O=C(OCC1COC(c2ccccc2)=CO1)c1ccccc1. The highest BCUT2D eigenvalue weighted by atomic mass is 16.6. The Kier molecular flexibility index (Phi) is 12.5. The minimum absolute atomic E-state index is 0.159. The number of esters is 2. The third-order valence-electron chi connectivity index (χ3n) is 6.12. The summed E-state index contributed by atoms with van der Waals surface area (Å²) < 4.78 is 26.9. The first kappa shape index (κ1) is 30.7. The Morgan fingerprint density at radius 1 is 0.721 bits per heavy atom. The van der Waals surface area contributed by atoms with Gasteiger partial charge in [0.25, 0.3) is 0 Å². The molecule has 0 spiro atoms. The van der Waals surface area contributed by atoms with Crippen LogP contribution in [-0.2, 0) is 30.1 Å². The van der Waals surface area contributed by atoms with E-state index in [1.165, 1.54) is 5.56 Å². The second-order valence-electron chi connectivity index (χ2n) is 9.32. The molecular formula is C36H34O7. The van der Waals surface area contributed by atoms with E-state index in [0.717, 1.165) is 12.0 Å². The Hall–Kier alpha value is -5.30. The Morgan fingerprint density at radius 3 is 1.86 bits per heavy atom. The summed E-state index contributed by atoms with van der Waals surface area (Å²) in [6, 6.07) is 37.7. The molecule has 0 amide bonds. The van der Waals surface area contributed by atoms with Crippen LogP contribution >= 0.6 is 0 Å². The molecule has 7 nitrogen and oxygen atoms in total. The van der Waals surface area contributed by atoms with Gasteiger partial charge in [-0.15, -0.1) is 0 Å². The summed E-state index contributed by atoms with van der Waals surface area (Å²) in [5, 5.41) is 0. The summed E-state index contributed by atoms with van der Waals surface area (Å²) in [7, 11) is 0. The first-order valence-electron chi connectivity index (χ1n) is 14.0. The lowest BCUT2D eigenvalue weighted by Gasteiger charge is -2.23. The number of carbonyl (C=O) groups is 2. The lowest BCUT2D eigenvalue weighted by atomic mass is 10.2. The van der Waals surface area contributed by atoms with Gasteiger partial charge >= 0.3 is 11.9 Å². The zero-order valence-electron chi connectivity index (χ0n) is 23.7. The molecule has 0 N–H and O–H groups in total. The number of hydrogen-bond donors (Lipinski definition) is 0. The van der Waals surface area contributed by atoms with Gasteiger partial charge in [0.2, 0.25) is 0 Å². The largest absolute Gasteiger partial charge is 0.501 e. The first-order chi connectivity index (χ1) is 21.2. The van der Waals surface area contributed by atoms with E-state index >= 15 is 0 Å². The number of rotatable bonds is 11. The fraction of sp³-hybridized carbons (Fsp3) is 0.167. The van der Waals surface area contributed by atoms with Gasteiger partial charge in [0.1, 0.15) is 26.1 Å². The summed E-state index contributed by atoms with van der Waals surface area (Å²) in [4.78, 5) is 23.5. The van der Waals surface area contributed by atoms with Crippen molar-refractivity contribution in [3.8, 4) is 0 Å². The van der Waals surface area contributed by atoms with E-state index < -0.39 is 0 Å². The molecule has 0 radical (unpaired) electrons. The molecule has 4 aromatic rings. The lowest BCUT2D eigenvalue weighted by molar-refractivity contribution is -0.0101. The van der Waals surface area contributed by atoms with Crippen molar-refractivity contribution in [2.45, 2.75) is 12.5 Å². The monoisotopic (exact) mass is 578 g/mol. The first-order valence-corrected chi connectivity index (χ1v) is 14.0. The summed E-state index contributed by atoms with van der Waals surface area (Å²) in [5.41, 5.74) is 3.28. The summed E-state index contributed by atoms with van der Waals surface area (Å²) >= 11 is 0. The maximum absolute atomic E-state index is 11.8. The molecule has 1 heterocycles. The maximum atomic E-state index is 11.8. The van der Waals surface area contributed by atoms with Crippen LogP contribution in [-0.4, -0.2) is 44.5 Å². The van der Waals surface area contributed by atoms with E-state index in [2.05, 4.69) is 12.1 Å². The van der Waals surface area contributed by atoms with E-state index in [9.17, 15) is 9.59 Å². The van der Waals surface area contributed by atoms with Crippen LogP contribution in [0.3, 0.4) is 0 Å². The average Bonchev–Trinajstić information content (AvgIpc) is 3.09. The Morgan fingerprint density at radius 2 is 1.28 bits per heavy atom. The number of benzene rings is 4. The van der Waals surface area contributed by atoms with Crippen molar-refractivity contribution in [2.24, 2.45) is 0 Å². The molecule has 220 valence electrons. The van der Waals surface area contributed by atoms with Gasteiger partial charge in [-0.05, 0) is 35.9 Å². The smallest absolute Gasteiger partial charge is 0.338 e. The topological polar surface area (TPSA) is 80.3 Å². The minimum Gasteiger partial charge on any atom is -0.501 e. The van der Waals surface area contributed by atoms with Crippen LogP contribution in [0, 0.1) is 0 Å². The predicted molar refractivity (Wildman–Crippen MR) is 164 cm³/mol. The van der Waals surface area contributed by atoms with Gasteiger partial charge in [-0.25, -0.2) is 9.59 Å². The van der Waals surface area contributed by atoms with Crippen LogP contribution in [0.2, 0.25) is 0 Å². The molecule has 7 heteroatoms. The Labute approximate surface area is 251 Å². The number of carbonyl (C=O) groups excluding carboxylic acids is 2. The summed E-state index contributed by atoms with van der Waals surface area (Å²) in [6.07, 6.45) is 5.39. The van der Waals surface area contributed by atoms with Crippen LogP contribution in [0.25, 0.3) is 5.76 Å². The van der Waals surface area contributed by atoms with Crippen LogP contribution in [0.15, 0.2) is 140 Å². The molecule has 1 aliphatic rings. The molecule has 0 aromatic heterocycles. The molecule has 0 bridgehead atoms. The molecule has 0 saturated heterocycles. The van der Waals surface area contributed by atoms with Crippen molar-refractivity contribution in [3.05, 3.63) is 162 Å². The zero-order valence-corrected chi connectivity index (χ0v) is 23.7. The molecule has 4 aromatic carbocycles. The predicted octanol–water partition coefficient (Wildman–Crippen LogP) is 6.87. The highest BCUT2D eigenvalue weighted by Gasteiger charge is 2.20. The zero-order chi connectivity index (χ0) is 30.0. The molecule has 0 fully saturated rings. The van der Waals surface area contributed by atoms with Gasteiger partial charge in [-0.1, -0.05) is 97.1 Å². The Balaban J connectivity index is 0.000000197. The molecule has 0 saturated carbocycles. The minimum atomic E-state index is -0.359. The van der Waals surface area contributed by atoms with Gasteiger partial charge in [0.05, 0.1) is 24.0 Å². The van der Waals surface area contributed by atoms with Crippen LogP contribution in [0.4, 0.5) is 0 Å². The average molecular weight is 579 g/mol. The highest BCUT2D eigenvalue weighted by molar-refractivity contribution is 5.89. The van der Waals surface area contributed by atoms with Crippen LogP contribution in [0.5, 0.6) is 0 Å². The van der Waals surface area contributed by atoms with Crippen molar-refractivity contribution in [1.82, 2.24) is 0 Å². The lowest BCUT2D eigenvalue weighted by Crippen LogP contribution is -2.28. The van der Waals surface area contributed by atoms with Crippen molar-refractivity contribution >= 4 is 17.7 Å². The van der Waals surface area contributed by atoms with E-state index in [1.54, 1.807) is 67.1 Å². The van der Waals surface area contributed by atoms with Crippen molar-refractivity contribution in [2.75, 3.05) is 26.4 Å². The van der Waals surface area contributed by atoms with Crippen LogP contribution in [0.1, 0.15) is 31.8 Å². The fourth-order valence-electron chi connectivity index (χ4n) is 3.86. The molecular weight excluding hydrogens is 544 g/mol. The fourth-order valence-corrected chi connectivity index (χ4v) is 3.86. The van der Waals surface area contributed by atoms with Gasteiger partial charge < -0.3 is 23.7 Å². The second kappa shape index (κ2) is 17.5. The molecule has 5 rings (SSSR count). The molecule has 0 aliphatic carbocycles. The third kappa shape index (κ3) is 10.9. The molecule has 1 unspecified atom stereocenters. The molecule has 1 atom stereocenters. The molecule has 43 heavy (non-hydrogen) atoms. The summed E-state index contributed by atoms with van der Waals surface area (Å²) in [5.74, 6) is -0.00203. The van der Waals surface area contributed by atoms with E-state index in [0.29, 0.717) is 30.1 Å². The van der Waals surface area contributed by atoms with Gasteiger partial charge in [-0.2, -0.15) is 0 Å². The number of hydrogen-bond acceptors (Lipinski definition) is 7. The van der Waals surface area contributed by atoms with Crippen LogP contribution < -0.4 is 0 Å². The quantitative estimate of drug-likeness (QED) is 0.109. The summed E-state index contributed by atoms with van der Waals surface area (Å²) in [6.45, 7) is 1.32. The van der Waals surface area contributed by atoms with E-state index in [1.807, 2.05) is 60.7 Å². The second-order valence-corrected chi connectivity index (χ2v) is 9.32. The van der Waals surface area contributed by atoms with Crippen molar-refractivity contribution in [3.63, 3.8) is 0 Å².